The third-order valence-corrected chi connectivity index (χ3v) is 2.55. The molecule has 0 radical (unpaired) electrons. The van der Waals surface area contributed by atoms with Crippen molar-refractivity contribution in [1.82, 2.24) is 0 Å². The molecule has 0 bridgehead atoms. The first kappa shape index (κ1) is 11.9. The van der Waals surface area contributed by atoms with Crippen molar-refractivity contribution in [3.8, 4) is 0 Å². The van der Waals surface area contributed by atoms with Crippen LogP contribution in [0.5, 0.6) is 0 Å². The monoisotopic (exact) mass is 206 g/mol. The lowest BCUT2D eigenvalue weighted by atomic mass is 10.0. The highest BCUT2D eigenvalue weighted by atomic mass is 16.5. The highest BCUT2D eigenvalue weighted by molar-refractivity contribution is 5.96. The molecule has 0 heterocycles. The minimum absolute atomic E-state index is 0.152. The zero-order chi connectivity index (χ0) is 11.3. The van der Waals surface area contributed by atoms with Crippen molar-refractivity contribution >= 4 is 5.78 Å². The van der Waals surface area contributed by atoms with Crippen LogP contribution < -0.4 is 0 Å². The van der Waals surface area contributed by atoms with Gasteiger partial charge in [-0.2, -0.15) is 0 Å². The van der Waals surface area contributed by atoms with Crippen LogP contribution in [0.15, 0.2) is 24.3 Å². The zero-order valence-electron chi connectivity index (χ0n) is 9.62. The molecule has 0 aliphatic rings. The van der Waals surface area contributed by atoms with Gasteiger partial charge in [0.15, 0.2) is 5.78 Å². The second-order valence-corrected chi connectivity index (χ2v) is 3.87. The van der Waals surface area contributed by atoms with E-state index >= 15 is 0 Å². The van der Waals surface area contributed by atoms with Gasteiger partial charge in [0.2, 0.25) is 0 Å². The van der Waals surface area contributed by atoms with Gasteiger partial charge in [-0.05, 0) is 20.3 Å². The molecule has 0 saturated heterocycles. The van der Waals surface area contributed by atoms with E-state index in [-0.39, 0.29) is 11.9 Å². The van der Waals surface area contributed by atoms with Crippen LogP contribution in [0.1, 0.15) is 35.7 Å². The maximum atomic E-state index is 11.7. The zero-order valence-corrected chi connectivity index (χ0v) is 9.62. The number of methoxy groups -OCH3 is 1. The molecule has 1 aromatic carbocycles. The predicted octanol–water partition coefficient (Wildman–Crippen LogP) is 2.99. The Morgan fingerprint density at radius 2 is 1.93 bits per heavy atom. The summed E-state index contributed by atoms with van der Waals surface area (Å²) in [7, 11) is 1.67. The summed E-state index contributed by atoms with van der Waals surface area (Å²) < 4.78 is 5.10. The summed E-state index contributed by atoms with van der Waals surface area (Å²) in [6.07, 6.45) is 1.49. The molecule has 2 heteroatoms. The molecule has 15 heavy (non-hydrogen) atoms. The normalized spacial score (nSPS) is 12.5. The number of carbonyl (C=O) groups is 1. The van der Waals surface area contributed by atoms with Gasteiger partial charge in [-0.1, -0.05) is 29.8 Å². The van der Waals surface area contributed by atoms with Gasteiger partial charge >= 0.3 is 0 Å². The Balaban J connectivity index is 2.50. The van der Waals surface area contributed by atoms with Crippen LogP contribution in [-0.2, 0) is 4.74 Å². The molecule has 1 atom stereocenters. The molecule has 0 spiro atoms. The summed E-state index contributed by atoms with van der Waals surface area (Å²) >= 11 is 0. The van der Waals surface area contributed by atoms with Crippen LogP contribution in [-0.4, -0.2) is 19.0 Å². The summed E-state index contributed by atoms with van der Waals surface area (Å²) in [5.74, 6) is 0.193. The van der Waals surface area contributed by atoms with Crippen LogP contribution in [0.25, 0.3) is 0 Å². The Labute approximate surface area is 91.3 Å². The Morgan fingerprint density at radius 3 is 2.47 bits per heavy atom. The highest BCUT2D eigenvalue weighted by Gasteiger charge is 2.07. The minimum atomic E-state index is 0.152. The van der Waals surface area contributed by atoms with Crippen LogP contribution >= 0.6 is 0 Å². The van der Waals surface area contributed by atoms with Crippen LogP contribution in [0.3, 0.4) is 0 Å². The van der Waals surface area contributed by atoms with Gasteiger partial charge < -0.3 is 4.74 Å². The average molecular weight is 206 g/mol. The van der Waals surface area contributed by atoms with Crippen LogP contribution in [0.4, 0.5) is 0 Å². The van der Waals surface area contributed by atoms with Crippen LogP contribution in [0, 0.1) is 6.92 Å². The molecule has 0 aliphatic carbocycles. The minimum Gasteiger partial charge on any atom is -0.382 e. The van der Waals surface area contributed by atoms with Crippen molar-refractivity contribution in [2.75, 3.05) is 7.11 Å². The molecule has 0 aromatic heterocycles. The van der Waals surface area contributed by atoms with Crippen molar-refractivity contribution in [2.45, 2.75) is 32.8 Å². The fraction of sp³-hybridized carbons (Fsp3) is 0.462. The number of hydrogen-bond donors (Lipinski definition) is 0. The van der Waals surface area contributed by atoms with E-state index in [9.17, 15) is 4.79 Å². The number of aryl methyl sites for hydroxylation is 1. The average Bonchev–Trinajstić information content (AvgIpc) is 2.26. The molecule has 1 unspecified atom stereocenters. The number of rotatable bonds is 5. The fourth-order valence-corrected chi connectivity index (χ4v) is 1.34. The van der Waals surface area contributed by atoms with Crippen molar-refractivity contribution in [2.24, 2.45) is 0 Å². The smallest absolute Gasteiger partial charge is 0.162 e. The van der Waals surface area contributed by atoms with Crippen molar-refractivity contribution < 1.29 is 9.53 Å². The third-order valence-electron chi connectivity index (χ3n) is 2.55. The number of Topliss-reactive ketones (excluding diaryl/α,β-unsaturated/α-hetero) is 1. The number of carbonyl (C=O) groups excluding carboxylic acids is 1. The van der Waals surface area contributed by atoms with Gasteiger partial charge in [0, 0.05) is 19.1 Å². The Morgan fingerprint density at radius 1 is 1.33 bits per heavy atom. The summed E-state index contributed by atoms with van der Waals surface area (Å²) in [6, 6.07) is 7.70. The van der Waals surface area contributed by atoms with Crippen molar-refractivity contribution in [1.29, 1.82) is 0 Å². The Kier molecular flexibility index (Phi) is 4.50. The van der Waals surface area contributed by atoms with E-state index in [4.69, 9.17) is 4.74 Å². The highest BCUT2D eigenvalue weighted by Crippen LogP contribution is 2.09. The lowest BCUT2D eigenvalue weighted by Crippen LogP contribution is -2.08. The quantitative estimate of drug-likeness (QED) is 0.692. The van der Waals surface area contributed by atoms with Crippen LogP contribution in [0.2, 0.25) is 0 Å². The van der Waals surface area contributed by atoms with E-state index < -0.39 is 0 Å². The SMILES string of the molecule is COC(C)CCC(=O)c1ccc(C)cc1. The summed E-state index contributed by atoms with van der Waals surface area (Å²) in [5.41, 5.74) is 1.97. The molecule has 0 aliphatic heterocycles. The first-order valence-corrected chi connectivity index (χ1v) is 5.26. The van der Waals surface area contributed by atoms with Gasteiger partial charge in [0.1, 0.15) is 0 Å². The van der Waals surface area contributed by atoms with E-state index in [0.29, 0.717) is 6.42 Å². The lowest BCUT2D eigenvalue weighted by Gasteiger charge is -2.08. The summed E-state index contributed by atoms with van der Waals surface area (Å²) in [5, 5.41) is 0. The fourth-order valence-electron chi connectivity index (χ4n) is 1.34. The van der Waals surface area contributed by atoms with E-state index in [1.54, 1.807) is 7.11 Å². The molecule has 1 rings (SSSR count). The first-order chi connectivity index (χ1) is 7.13. The molecule has 0 N–H and O–H groups in total. The topological polar surface area (TPSA) is 26.3 Å². The molecule has 0 amide bonds. The van der Waals surface area contributed by atoms with Gasteiger partial charge in [-0.15, -0.1) is 0 Å². The lowest BCUT2D eigenvalue weighted by molar-refractivity contribution is 0.0878. The van der Waals surface area contributed by atoms with Crippen molar-refractivity contribution in [3.05, 3.63) is 35.4 Å². The van der Waals surface area contributed by atoms with Gasteiger partial charge in [0.05, 0.1) is 6.10 Å². The van der Waals surface area contributed by atoms with Gasteiger partial charge in [-0.25, -0.2) is 0 Å². The molecule has 1 aromatic rings. The maximum absolute atomic E-state index is 11.7. The predicted molar refractivity (Wildman–Crippen MR) is 61.2 cm³/mol. The molecular weight excluding hydrogens is 188 g/mol. The molecule has 82 valence electrons. The molecule has 0 fully saturated rings. The van der Waals surface area contributed by atoms with E-state index in [2.05, 4.69) is 0 Å². The number of benzene rings is 1. The van der Waals surface area contributed by atoms with Gasteiger partial charge in [0.25, 0.3) is 0 Å². The summed E-state index contributed by atoms with van der Waals surface area (Å²) in [6.45, 7) is 3.99. The molecular formula is C13H18O2. The first-order valence-electron chi connectivity index (χ1n) is 5.26. The standard InChI is InChI=1S/C13H18O2/c1-10-4-7-12(8-5-10)13(14)9-6-11(2)15-3/h4-5,7-8,11H,6,9H2,1-3H3. The Bertz CT molecular complexity index is 314. The Hall–Kier alpha value is -1.15. The van der Waals surface area contributed by atoms with E-state index in [1.165, 1.54) is 5.56 Å². The molecule has 2 nitrogen and oxygen atoms in total. The number of ether oxygens (including phenoxy) is 1. The molecule has 0 saturated carbocycles. The van der Waals surface area contributed by atoms with Gasteiger partial charge in [-0.3, -0.25) is 4.79 Å². The second kappa shape index (κ2) is 5.66. The van der Waals surface area contributed by atoms with E-state index in [0.717, 1.165) is 12.0 Å². The van der Waals surface area contributed by atoms with Crippen molar-refractivity contribution in [3.63, 3.8) is 0 Å². The summed E-state index contributed by atoms with van der Waals surface area (Å²) in [4.78, 5) is 11.7. The van der Waals surface area contributed by atoms with E-state index in [1.807, 2.05) is 38.1 Å². The maximum Gasteiger partial charge on any atom is 0.162 e. The largest absolute Gasteiger partial charge is 0.382 e. The number of ketones is 1. The second-order valence-electron chi connectivity index (χ2n) is 3.87. The number of hydrogen-bond acceptors (Lipinski definition) is 2. The third kappa shape index (κ3) is 3.84.